The summed E-state index contributed by atoms with van der Waals surface area (Å²) in [7, 11) is 0. The molecule has 3 N–H and O–H groups in total. The van der Waals surface area contributed by atoms with Gasteiger partial charge in [0.25, 0.3) is 0 Å². The van der Waals surface area contributed by atoms with Crippen molar-refractivity contribution in [2.75, 3.05) is 11.9 Å². The van der Waals surface area contributed by atoms with E-state index in [2.05, 4.69) is 37.4 Å². The summed E-state index contributed by atoms with van der Waals surface area (Å²) in [5.41, 5.74) is 10.5. The Kier molecular flexibility index (Phi) is 4.46. The van der Waals surface area contributed by atoms with Crippen LogP contribution in [0.4, 0.5) is 5.69 Å². The summed E-state index contributed by atoms with van der Waals surface area (Å²) in [5, 5.41) is 4.12. The molecule has 19 heavy (non-hydrogen) atoms. The van der Waals surface area contributed by atoms with E-state index in [1.807, 2.05) is 24.3 Å². The van der Waals surface area contributed by atoms with Crippen LogP contribution in [0.15, 0.2) is 42.5 Å². The molecule has 0 saturated heterocycles. The van der Waals surface area contributed by atoms with Gasteiger partial charge in [-0.2, -0.15) is 0 Å². The minimum absolute atomic E-state index is 0.0687. The van der Waals surface area contributed by atoms with E-state index in [0.29, 0.717) is 11.6 Å². The normalized spacial score (nSPS) is 12.2. The molecule has 2 aromatic rings. The zero-order valence-electron chi connectivity index (χ0n) is 11.3. The van der Waals surface area contributed by atoms with Crippen molar-refractivity contribution < 1.29 is 0 Å². The molecule has 0 bridgehead atoms. The smallest absolute Gasteiger partial charge is 0.0637 e. The second-order valence-corrected chi connectivity index (χ2v) is 5.16. The second-order valence-electron chi connectivity index (χ2n) is 4.76. The second kappa shape index (κ2) is 6.09. The van der Waals surface area contributed by atoms with E-state index in [-0.39, 0.29) is 6.04 Å². The van der Waals surface area contributed by atoms with Gasteiger partial charge in [-0.3, -0.25) is 0 Å². The van der Waals surface area contributed by atoms with Gasteiger partial charge in [-0.05, 0) is 42.7 Å². The van der Waals surface area contributed by atoms with Gasteiger partial charge in [0.2, 0.25) is 0 Å². The van der Waals surface area contributed by atoms with E-state index in [1.54, 1.807) is 0 Å². The topological polar surface area (TPSA) is 38.0 Å². The van der Waals surface area contributed by atoms with Gasteiger partial charge < -0.3 is 11.1 Å². The van der Waals surface area contributed by atoms with Crippen LogP contribution in [-0.4, -0.2) is 6.54 Å². The number of hydrogen-bond donors (Lipinski definition) is 2. The molecule has 0 fully saturated rings. The van der Waals surface area contributed by atoms with Crippen LogP contribution in [0.2, 0.25) is 5.02 Å². The molecule has 1 unspecified atom stereocenters. The van der Waals surface area contributed by atoms with Crippen molar-refractivity contribution in [3.8, 4) is 0 Å². The Labute approximate surface area is 119 Å². The zero-order valence-corrected chi connectivity index (χ0v) is 12.0. The largest absolute Gasteiger partial charge is 0.376 e. The van der Waals surface area contributed by atoms with Crippen LogP contribution >= 0.6 is 11.6 Å². The molecule has 0 saturated carbocycles. The molecule has 2 aromatic carbocycles. The number of nitrogens with one attached hydrogen (secondary N) is 1. The van der Waals surface area contributed by atoms with Gasteiger partial charge in [0.15, 0.2) is 0 Å². The summed E-state index contributed by atoms with van der Waals surface area (Å²) < 4.78 is 0. The van der Waals surface area contributed by atoms with Crippen LogP contribution in [0.1, 0.15) is 22.7 Å². The third-order valence-electron chi connectivity index (χ3n) is 3.37. The van der Waals surface area contributed by atoms with Crippen LogP contribution in [0, 0.1) is 13.8 Å². The summed E-state index contributed by atoms with van der Waals surface area (Å²) in [4.78, 5) is 0. The Morgan fingerprint density at radius 1 is 1.11 bits per heavy atom. The molecule has 0 radical (unpaired) electrons. The summed E-state index contributed by atoms with van der Waals surface area (Å²) in [6, 6.07) is 14.2. The van der Waals surface area contributed by atoms with Crippen LogP contribution in [-0.2, 0) is 0 Å². The molecule has 100 valence electrons. The minimum Gasteiger partial charge on any atom is -0.376 e. The van der Waals surface area contributed by atoms with E-state index in [0.717, 1.165) is 5.69 Å². The average molecular weight is 275 g/mol. The summed E-state index contributed by atoms with van der Waals surface area (Å²) in [5.74, 6) is 0. The van der Waals surface area contributed by atoms with Crippen molar-refractivity contribution in [1.82, 2.24) is 0 Å². The number of nitrogens with two attached hydrogens (primary N) is 1. The maximum absolute atomic E-state index is 6.17. The molecule has 3 heteroatoms. The highest BCUT2D eigenvalue weighted by Gasteiger charge is 2.11. The highest BCUT2D eigenvalue weighted by molar-refractivity contribution is 6.33. The SMILES string of the molecule is Cc1ccc(C(CN)Nc2ccccc2Cl)cc1C. The molecule has 0 aliphatic carbocycles. The standard InChI is InChI=1S/C16H19ClN2/c1-11-7-8-13(9-12(11)2)16(10-18)19-15-6-4-3-5-14(15)17/h3-9,16,19H,10,18H2,1-2H3. The van der Waals surface area contributed by atoms with Crippen LogP contribution in [0.25, 0.3) is 0 Å². The van der Waals surface area contributed by atoms with Crippen LogP contribution in [0.3, 0.4) is 0 Å². The molecular formula is C16H19ClN2. The zero-order chi connectivity index (χ0) is 13.8. The van der Waals surface area contributed by atoms with E-state index in [1.165, 1.54) is 16.7 Å². The van der Waals surface area contributed by atoms with Crippen molar-refractivity contribution >= 4 is 17.3 Å². The van der Waals surface area contributed by atoms with Crippen molar-refractivity contribution in [3.05, 3.63) is 64.2 Å². The number of hydrogen-bond acceptors (Lipinski definition) is 2. The maximum Gasteiger partial charge on any atom is 0.0637 e. The molecular weight excluding hydrogens is 256 g/mol. The van der Waals surface area contributed by atoms with Crippen molar-refractivity contribution in [2.24, 2.45) is 5.73 Å². The first kappa shape index (κ1) is 13.9. The van der Waals surface area contributed by atoms with E-state index in [4.69, 9.17) is 17.3 Å². The molecule has 0 aliphatic rings. The van der Waals surface area contributed by atoms with Gasteiger partial charge in [-0.25, -0.2) is 0 Å². The van der Waals surface area contributed by atoms with Crippen LogP contribution in [0.5, 0.6) is 0 Å². The Morgan fingerprint density at radius 3 is 2.47 bits per heavy atom. The summed E-state index contributed by atoms with van der Waals surface area (Å²) in [6.45, 7) is 4.74. The van der Waals surface area contributed by atoms with Crippen LogP contribution < -0.4 is 11.1 Å². The molecule has 0 aromatic heterocycles. The molecule has 0 aliphatic heterocycles. The van der Waals surface area contributed by atoms with Gasteiger partial charge in [-0.15, -0.1) is 0 Å². The summed E-state index contributed by atoms with van der Waals surface area (Å²) >= 11 is 6.17. The first-order valence-electron chi connectivity index (χ1n) is 6.40. The fourth-order valence-corrected chi connectivity index (χ4v) is 2.22. The Hall–Kier alpha value is -1.51. The van der Waals surface area contributed by atoms with Crippen molar-refractivity contribution in [2.45, 2.75) is 19.9 Å². The number of halogens is 1. The number of rotatable bonds is 4. The fraction of sp³-hybridized carbons (Fsp3) is 0.250. The molecule has 0 spiro atoms. The predicted octanol–water partition coefficient (Wildman–Crippen LogP) is 4.07. The number of aryl methyl sites for hydroxylation is 2. The van der Waals surface area contributed by atoms with Gasteiger partial charge >= 0.3 is 0 Å². The first-order chi connectivity index (χ1) is 9.11. The molecule has 2 rings (SSSR count). The van der Waals surface area contributed by atoms with Gasteiger partial charge in [-0.1, -0.05) is 41.9 Å². The minimum atomic E-state index is 0.0687. The predicted molar refractivity (Wildman–Crippen MR) is 82.8 cm³/mol. The number of benzene rings is 2. The van der Waals surface area contributed by atoms with E-state index >= 15 is 0 Å². The number of anilines is 1. The molecule has 1 atom stereocenters. The number of para-hydroxylation sites is 1. The average Bonchev–Trinajstić information content (AvgIpc) is 2.41. The lowest BCUT2D eigenvalue weighted by Gasteiger charge is -2.20. The monoisotopic (exact) mass is 274 g/mol. The Morgan fingerprint density at radius 2 is 1.84 bits per heavy atom. The Bertz CT molecular complexity index is 566. The van der Waals surface area contributed by atoms with Crippen molar-refractivity contribution in [3.63, 3.8) is 0 Å². The molecule has 2 nitrogen and oxygen atoms in total. The van der Waals surface area contributed by atoms with E-state index in [9.17, 15) is 0 Å². The third kappa shape index (κ3) is 3.28. The summed E-state index contributed by atoms with van der Waals surface area (Å²) in [6.07, 6.45) is 0. The van der Waals surface area contributed by atoms with Crippen molar-refractivity contribution in [1.29, 1.82) is 0 Å². The quantitative estimate of drug-likeness (QED) is 0.882. The lowest BCUT2D eigenvalue weighted by molar-refractivity contribution is 0.788. The molecule has 0 amide bonds. The fourth-order valence-electron chi connectivity index (χ4n) is 2.03. The van der Waals surface area contributed by atoms with Gasteiger partial charge in [0, 0.05) is 6.54 Å². The maximum atomic E-state index is 6.17. The lowest BCUT2D eigenvalue weighted by atomic mass is 10.0. The third-order valence-corrected chi connectivity index (χ3v) is 3.70. The molecule has 0 heterocycles. The van der Waals surface area contributed by atoms with Gasteiger partial charge in [0.1, 0.15) is 0 Å². The van der Waals surface area contributed by atoms with Gasteiger partial charge in [0.05, 0.1) is 16.8 Å². The highest BCUT2D eigenvalue weighted by Crippen LogP contribution is 2.26. The Balaban J connectivity index is 2.25. The van der Waals surface area contributed by atoms with E-state index < -0.39 is 0 Å². The first-order valence-corrected chi connectivity index (χ1v) is 6.78. The lowest BCUT2D eigenvalue weighted by Crippen LogP contribution is -2.20. The highest BCUT2D eigenvalue weighted by atomic mass is 35.5.